The Morgan fingerprint density at radius 2 is 1.72 bits per heavy atom. The molecule has 0 bridgehead atoms. The number of benzene rings is 2. The van der Waals surface area contributed by atoms with Crippen LogP contribution >= 0.6 is 11.6 Å². The van der Waals surface area contributed by atoms with E-state index in [4.69, 9.17) is 25.8 Å². The van der Waals surface area contributed by atoms with Crippen LogP contribution in [0.1, 0.15) is 19.4 Å². The van der Waals surface area contributed by atoms with Crippen molar-refractivity contribution in [3.8, 4) is 11.6 Å². The molecule has 1 aliphatic heterocycles. The molecule has 2 aromatic heterocycles. The molecule has 0 aliphatic carbocycles. The number of nitrogens with one attached hydrogen (secondary N) is 1. The largest absolute Gasteiger partial charge is 0.439 e. The van der Waals surface area contributed by atoms with Gasteiger partial charge in [0, 0.05) is 35.4 Å². The summed E-state index contributed by atoms with van der Waals surface area (Å²) >= 11 is 6.05. The van der Waals surface area contributed by atoms with E-state index in [9.17, 15) is 9.59 Å². The van der Waals surface area contributed by atoms with Crippen LogP contribution in [0.4, 0.5) is 11.6 Å². The summed E-state index contributed by atoms with van der Waals surface area (Å²) in [5.74, 6) is 0.311. The molecule has 3 heterocycles. The summed E-state index contributed by atoms with van der Waals surface area (Å²) in [4.78, 5) is 35.1. The van der Waals surface area contributed by atoms with Gasteiger partial charge in [-0.05, 0) is 61.9 Å². The van der Waals surface area contributed by atoms with Crippen LogP contribution in [0, 0.1) is 5.92 Å². The van der Waals surface area contributed by atoms with E-state index in [2.05, 4.69) is 15.3 Å². The number of hydrogen-bond acceptors (Lipinski definition) is 8. The number of nitrogens with zero attached hydrogens (tertiary/aromatic N) is 4. The molecule has 1 aliphatic rings. The summed E-state index contributed by atoms with van der Waals surface area (Å²) in [6.07, 6.45) is 1.65. The second-order valence-electron chi connectivity index (χ2n) is 9.63. The number of halogens is 1. The zero-order valence-corrected chi connectivity index (χ0v) is 22.3. The fourth-order valence-corrected chi connectivity index (χ4v) is 4.18. The lowest BCUT2D eigenvalue weighted by atomic mass is 10.1. The number of aromatic nitrogens is 4. The predicted molar refractivity (Wildman–Crippen MR) is 147 cm³/mol. The van der Waals surface area contributed by atoms with Crippen LogP contribution in [-0.2, 0) is 22.6 Å². The van der Waals surface area contributed by atoms with Crippen molar-refractivity contribution in [2.75, 3.05) is 18.5 Å². The molecular weight excluding hydrogens is 522 g/mol. The Bertz CT molecular complexity index is 1530. The predicted octanol–water partition coefficient (Wildman–Crippen LogP) is 4.44. The van der Waals surface area contributed by atoms with Gasteiger partial charge in [-0.3, -0.25) is 4.57 Å². The maximum absolute atomic E-state index is 13.6. The number of pyridine rings is 1. The summed E-state index contributed by atoms with van der Waals surface area (Å²) in [5.41, 5.74) is 0.289. The minimum atomic E-state index is -0.694. The third-order valence-corrected chi connectivity index (χ3v) is 6.40. The summed E-state index contributed by atoms with van der Waals surface area (Å²) in [6.45, 7) is 4.69. The van der Waals surface area contributed by atoms with Crippen molar-refractivity contribution >= 4 is 23.2 Å². The van der Waals surface area contributed by atoms with Crippen molar-refractivity contribution in [3.63, 3.8) is 0 Å². The minimum Gasteiger partial charge on any atom is -0.439 e. The van der Waals surface area contributed by atoms with Crippen LogP contribution in [0.5, 0.6) is 11.6 Å². The molecule has 1 fully saturated rings. The van der Waals surface area contributed by atoms with Gasteiger partial charge in [0.2, 0.25) is 11.8 Å². The smallest absolute Gasteiger partial charge is 0.354 e. The van der Waals surface area contributed by atoms with Crippen molar-refractivity contribution in [2.24, 2.45) is 5.92 Å². The second-order valence-corrected chi connectivity index (χ2v) is 10.1. The molecule has 1 N–H and O–H groups in total. The summed E-state index contributed by atoms with van der Waals surface area (Å²) in [6, 6.07) is 19.6. The average Bonchev–Trinajstić information content (AvgIpc) is 2.92. The summed E-state index contributed by atoms with van der Waals surface area (Å²) in [7, 11) is 0. The molecule has 11 heteroatoms. The first-order chi connectivity index (χ1) is 18.8. The van der Waals surface area contributed by atoms with Crippen molar-refractivity contribution in [1.29, 1.82) is 0 Å². The van der Waals surface area contributed by atoms with Crippen LogP contribution in [0.15, 0.2) is 82.5 Å². The molecule has 10 nitrogen and oxygen atoms in total. The fraction of sp³-hybridized carbons (Fsp3) is 0.286. The third kappa shape index (κ3) is 6.72. The summed E-state index contributed by atoms with van der Waals surface area (Å²) in [5, 5.41) is 3.69. The first kappa shape index (κ1) is 26.6. The van der Waals surface area contributed by atoms with E-state index in [-0.39, 0.29) is 25.0 Å². The van der Waals surface area contributed by atoms with Gasteiger partial charge in [-0.15, -0.1) is 0 Å². The van der Waals surface area contributed by atoms with Crippen molar-refractivity contribution < 1.29 is 14.2 Å². The Balaban J connectivity index is 1.42. The quantitative estimate of drug-likeness (QED) is 0.343. The van der Waals surface area contributed by atoms with Crippen molar-refractivity contribution in [3.05, 3.63) is 104 Å². The van der Waals surface area contributed by atoms with Gasteiger partial charge in [-0.2, -0.15) is 4.98 Å². The van der Waals surface area contributed by atoms with E-state index >= 15 is 0 Å². The zero-order valence-electron chi connectivity index (χ0n) is 21.5. The Labute approximate surface area is 229 Å². The molecule has 0 atom stereocenters. The summed E-state index contributed by atoms with van der Waals surface area (Å²) < 4.78 is 19.7. The number of ether oxygens (including phenoxy) is 3. The molecule has 0 amide bonds. The fourth-order valence-electron chi connectivity index (χ4n) is 4.05. The molecule has 0 unspecified atom stereocenters. The standard InChI is InChI=1S/C28H28ClN5O5/c1-28(2)37-17-20(18-38-28)16-34-26(35)32-25(33(27(34)36)15-19-6-8-21(29)9-7-19)31-22-10-12-23(13-11-22)39-24-5-3-4-14-30-24/h3-14,20H,15-18H2,1-2H3,(H,31,32,35). The van der Waals surface area contributed by atoms with Gasteiger partial charge >= 0.3 is 11.4 Å². The Hall–Kier alpha value is -3.99. The van der Waals surface area contributed by atoms with Gasteiger partial charge < -0.3 is 19.5 Å². The van der Waals surface area contributed by atoms with Gasteiger partial charge in [-0.25, -0.2) is 19.1 Å². The highest BCUT2D eigenvalue weighted by Crippen LogP contribution is 2.23. The van der Waals surface area contributed by atoms with E-state index in [1.165, 1.54) is 4.57 Å². The van der Waals surface area contributed by atoms with Crippen LogP contribution in [0.2, 0.25) is 5.02 Å². The molecule has 1 saturated heterocycles. The van der Waals surface area contributed by atoms with Gasteiger partial charge in [0.15, 0.2) is 5.79 Å². The highest BCUT2D eigenvalue weighted by atomic mass is 35.5. The first-order valence-electron chi connectivity index (χ1n) is 12.5. The van der Waals surface area contributed by atoms with Crippen molar-refractivity contribution in [1.82, 2.24) is 19.1 Å². The maximum atomic E-state index is 13.6. The minimum absolute atomic E-state index is 0.117. The van der Waals surface area contributed by atoms with E-state index in [0.29, 0.717) is 35.6 Å². The first-order valence-corrected chi connectivity index (χ1v) is 12.8. The van der Waals surface area contributed by atoms with Crippen LogP contribution in [0.3, 0.4) is 0 Å². The molecule has 0 radical (unpaired) electrons. The topological polar surface area (TPSA) is 110 Å². The van der Waals surface area contributed by atoms with E-state index in [1.807, 2.05) is 38.1 Å². The lowest BCUT2D eigenvalue weighted by molar-refractivity contribution is -0.263. The molecule has 0 saturated carbocycles. The van der Waals surface area contributed by atoms with E-state index in [1.54, 1.807) is 48.7 Å². The Kier molecular flexibility index (Phi) is 7.78. The highest BCUT2D eigenvalue weighted by molar-refractivity contribution is 6.30. The third-order valence-electron chi connectivity index (χ3n) is 6.15. The second kappa shape index (κ2) is 11.4. The maximum Gasteiger partial charge on any atom is 0.354 e. The van der Waals surface area contributed by atoms with Gasteiger partial charge in [0.05, 0.1) is 19.8 Å². The normalized spacial score (nSPS) is 15.2. The molecule has 0 spiro atoms. The van der Waals surface area contributed by atoms with Crippen LogP contribution in [0.25, 0.3) is 0 Å². The molecule has 5 rings (SSSR count). The SMILES string of the molecule is CC1(C)OCC(Cn2c(=O)nc(Nc3ccc(Oc4ccccn4)cc3)n(Cc3ccc(Cl)cc3)c2=O)CO1. The molecule has 39 heavy (non-hydrogen) atoms. The van der Waals surface area contributed by atoms with Gasteiger partial charge in [0.1, 0.15) is 5.75 Å². The molecule has 2 aromatic carbocycles. The number of hydrogen-bond donors (Lipinski definition) is 1. The molecule has 202 valence electrons. The molecular formula is C28H28ClN5O5. The number of rotatable bonds is 8. The van der Waals surface area contributed by atoms with Crippen LogP contribution in [-0.4, -0.2) is 38.1 Å². The average molecular weight is 550 g/mol. The van der Waals surface area contributed by atoms with E-state index in [0.717, 1.165) is 10.1 Å². The van der Waals surface area contributed by atoms with Gasteiger partial charge in [0.25, 0.3) is 0 Å². The van der Waals surface area contributed by atoms with E-state index < -0.39 is 17.2 Å². The monoisotopic (exact) mass is 549 g/mol. The van der Waals surface area contributed by atoms with Crippen LogP contribution < -0.4 is 21.4 Å². The zero-order chi connectivity index (χ0) is 27.4. The molecule has 4 aromatic rings. The Morgan fingerprint density at radius 3 is 2.38 bits per heavy atom. The van der Waals surface area contributed by atoms with Gasteiger partial charge in [-0.1, -0.05) is 29.8 Å². The lowest BCUT2D eigenvalue weighted by Gasteiger charge is -2.35. The lowest BCUT2D eigenvalue weighted by Crippen LogP contribution is -2.47. The highest BCUT2D eigenvalue weighted by Gasteiger charge is 2.29. The van der Waals surface area contributed by atoms with Crippen molar-refractivity contribution in [2.45, 2.75) is 32.7 Å². The Morgan fingerprint density at radius 1 is 1.00 bits per heavy atom. The number of anilines is 2.